The fraction of sp³-hybridized carbons (Fsp3) is 0.633. The summed E-state index contributed by atoms with van der Waals surface area (Å²) in [6.45, 7) is 9.59. The van der Waals surface area contributed by atoms with Crippen molar-refractivity contribution in [1.82, 2.24) is 24.1 Å². The zero-order valence-corrected chi connectivity index (χ0v) is 27.6. The zero-order valence-electron chi connectivity index (χ0n) is 26.8. The number of nitrogens with one attached hydrogen (secondary N) is 2. The second-order valence-electron chi connectivity index (χ2n) is 11.9. The first-order chi connectivity index (χ1) is 20.7. The summed E-state index contributed by atoms with van der Waals surface area (Å²) >= 11 is 0. The molecule has 1 aromatic carbocycles. The van der Waals surface area contributed by atoms with Crippen LogP contribution in [0.4, 0.5) is 10.5 Å². The third-order valence-electron chi connectivity index (χ3n) is 7.52. The highest BCUT2D eigenvalue weighted by molar-refractivity contribution is 7.89. The first kappa shape index (κ1) is 35.3. The summed E-state index contributed by atoms with van der Waals surface area (Å²) in [6.07, 6.45) is 4.37. The van der Waals surface area contributed by atoms with Gasteiger partial charge in [-0.1, -0.05) is 6.92 Å². The van der Waals surface area contributed by atoms with Gasteiger partial charge < -0.3 is 34.7 Å². The molecule has 44 heavy (non-hydrogen) atoms. The Balaban J connectivity index is 1.96. The minimum absolute atomic E-state index is 0.0464. The number of aliphatic hydroxyl groups excluding tert-OH is 1. The van der Waals surface area contributed by atoms with E-state index in [2.05, 4.69) is 15.6 Å². The number of imidazole rings is 1. The molecule has 0 spiro atoms. The van der Waals surface area contributed by atoms with Crippen LogP contribution in [0.1, 0.15) is 64.2 Å². The van der Waals surface area contributed by atoms with Crippen molar-refractivity contribution in [1.29, 1.82) is 0 Å². The SMILES string of the molecule is CC(C)NC(=O)Nc1ccc2c(c1)C(=O)N([C@@H](C)CO)C[C@H](C)[C@@H](CN(C)S(=O)(=O)c1cn(C)cn1)OCCCC[C@H](C)O2. The van der Waals surface area contributed by atoms with Crippen molar-refractivity contribution in [3.63, 3.8) is 0 Å². The van der Waals surface area contributed by atoms with Crippen molar-refractivity contribution in [2.75, 3.05) is 38.7 Å². The number of likely N-dealkylation sites (N-methyl/N-ethyl adjacent to an activating group) is 1. The number of aryl methyl sites for hydroxylation is 1. The number of rotatable bonds is 8. The molecule has 0 fully saturated rings. The van der Waals surface area contributed by atoms with Crippen LogP contribution in [0.3, 0.4) is 0 Å². The molecular formula is C30H48N6O7S. The summed E-state index contributed by atoms with van der Waals surface area (Å²) in [5.74, 6) is -0.330. The zero-order chi connectivity index (χ0) is 32.6. The number of carbonyl (C=O) groups is 2. The Morgan fingerprint density at radius 3 is 2.59 bits per heavy atom. The quantitative estimate of drug-likeness (QED) is 0.399. The lowest BCUT2D eigenvalue weighted by Gasteiger charge is -2.35. The number of aromatic nitrogens is 2. The molecule has 1 aliphatic rings. The molecule has 0 saturated carbocycles. The van der Waals surface area contributed by atoms with E-state index in [1.165, 1.54) is 23.9 Å². The van der Waals surface area contributed by atoms with Crippen LogP contribution in [0.2, 0.25) is 0 Å². The van der Waals surface area contributed by atoms with Gasteiger partial charge in [0, 0.05) is 57.6 Å². The van der Waals surface area contributed by atoms with E-state index in [0.29, 0.717) is 24.5 Å². The van der Waals surface area contributed by atoms with Crippen LogP contribution in [0.25, 0.3) is 0 Å². The molecule has 14 heteroatoms. The molecule has 0 aliphatic carbocycles. The van der Waals surface area contributed by atoms with E-state index in [1.807, 2.05) is 27.7 Å². The summed E-state index contributed by atoms with van der Waals surface area (Å²) in [7, 11) is -0.682. The van der Waals surface area contributed by atoms with Crippen LogP contribution in [0, 0.1) is 5.92 Å². The van der Waals surface area contributed by atoms with E-state index >= 15 is 0 Å². The number of ether oxygens (including phenoxy) is 2. The Labute approximate surface area is 261 Å². The molecule has 1 aromatic heterocycles. The molecule has 2 aromatic rings. The smallest absolute Gasteiger partial charge is 0.319 e. The number of nitrogens with zero attached hydrogens (tertiary/aromatic N) is 4. The van der Waals surface area contributed by atoms with Crippen LogP contribution in [0.15, 0.2) is 35.7 Å². The topological polar surface area (TPSA) is 155 Å². The molecule has 13 nitrogen and oxygen atoms in total. The predicted molar refractivity (Wildman–Crippen MR) is 167 cm³/mol. The third-order valence-corrected chi connectivity index (χ3v) is 9.23. The second kappa shape index (κ2) is 15.7. The van der Waals surface area contributed by atoms with Gasteiger partial charge in [0.05, 0.1) is 36.7 Å². The average molecular weight is 637 g/mol. The Morgan fingerprint density at radius 1 is 1.23 bits per heavy atom. The van der Waals surface area contributed by atoms with E-state index in [9.17, 15) is 23.1 Å². The molecule has 3 amide bonds. The fourth-order valence-electron chi connectivity index (χ4n) is 4.93. The van der Waals surface area contributed by atoms with Gasteiger partial charge in [0.25, 0.3) is 15.9 Å². The van der Waals surface area contributed by atoms with Crippen molar-refractivity contribution in [2.24, 2.45) is 13.0 Å². The summed E-state index contributed by atoms with van der Waals surface area (Å²) in [6, 6.07) is 3.90. The Kier molecular flexibility index (Phi) is 12.6. The van der Waals surface area contributed by atoms with Gasteiger partial charge in [0.1, 0.15) is 5.75 Å². The summed E-state index contributed by atoms with van der Waals surface area (Å²) in [5.41, 5.74) is 0.663. The summed E-state index contributed by atoms with van der Waals surface area (Å²) in [5, 5.41) is 15.6. The molecule has 0 radical (unpaired) electrons. The number of hydrogen-bond donors (Lipinski definition) is 3. The van der Waals surface area contributed by atoms with E-state index in [4.69, 9.17) is 9.47 Å². The van der Waals surface area contributed by atoms with Crippen molar-refractivity contribution < 1.29 is 32.6 Å². The summed E-state index contributed by atoms with van der Waals surface area (Å²) in [4.78, 5) is 32.2. The minimum atomic E-state index is -3.87. The maximum atomic E-state index is 14.2. The minimum Gasteiger partial charge on any atom is -0.490 e. The van der Waals surface area contributed by atoms with Gasteiger partial charge >= 0.3 is 6.03 Å². The second-order valence-corrected chi connectivity index (χ2v) is 13.9. The lowest BCUT2D eigenvalue weighted by Crippen LogP contribution is -2.48. The van der Waals surface area contributed by atoms with Gasteiger partial charge in [0.15, 0.2) is 5.03 Å². The number of benzene rings is 1. The highest BCUT2D eigenvalue weighted by Crippen LogP contribution is 2.29. The molecule has 0 bridgehead atoms. The molecule has 3 N–H and O–H groups in total. The van der Waals surface area contributed by atoms with Crippen LogP contribution < -0.4 is 15.4 Å². The largest absolute Gasteiger partial charge is 0.490 e. The maximum Gasteiger partial charge on any atom is 0.319 e. The predicted octanol–water partition coefficient (Wildman–Crippen LogP) is 3.07. The average Bonchev–Trinajstić information content (AvgIpc) is 3.41. The van der Waals surface area contributed by atoms with Gasteiger partial charge in [-0.25, -0.2) is 18.2 Å². The lowest BCUT2D eigenvalue weighted by molar-refractivity contribution is -0.00835. The molecule has 2 heterocycles. The maximum absolute atomic E-state index is 14.2. The van der Waals surface area contributed by atoms with Crippen LogP contribution >= 0.6 is 0 Å². The van der Waals surface area contributed by atoms with Crippen LogP contribution in [0.5, 0.6) is 5.75 Å². The number of urea groups is 1. The van der Waals surface area contributed by atoms with Gasteiger partial charge in [-0.15, -0.1) is 0 Å². The monoisotopic (exact) mass is 636 g/mol. The van der Waals surface area contributed by atoms with Gasteiger partial charge in [-0.2, -0.15) is 4.31 Å². The number of hydrogen-bond acceptors (Lipinski definition) is 8. The molecule has 1 aliphatic heterocycles. The van der Waals surface area contributed by atoms with Crippen LogP contribution in [-0.2, 0) is 21.8 Å². The Bertz CT molecular complexity index is 1370. The number of carbonyl (C=O) groups excluding carboxylic acids is 2. The summed E-state index contributed by atoms with van der Waals surface area (Å²) < 4.78 is 41.8. The normalized spacial score (nSPS) is 21.4. The standard InChI is InChI=1S/C30H48N6O7S/c1-20(2)32-30(39)33-24-11-12-26-25(14-24)29(38)36(22(4)18-37)15-21(3)27(42-13-9-8-10-23(5)43-26)16-35(7)44(40,41)28-17-34(6)19-31-28/h11-12,14,17,19-23,27,37H,8-10,13,15-16,18H2,1-7H3,(H2,32,33,39)/t21-,22-,23-,27+/m0/s1. The van der Waals surface area contributed by atoms with Gasteiger partial charge in [-0.05, 0) is 65.2 Å². The van der Waals surface area contributed by atoms with Gasteiger partial charge in [0.2, 0.25) is 0 Å². The molecule has 0 unspecified atom stereocenters. The molecule has 0 saturated heterocycles. The highest BCUT2D eigenvalue weighted by Gasteiger charge is 2.33. The van der Waals surface area contributed by atoms with Crippen molar-refractivity contribution in [3.05, 3.63) is 36.3 Å². The number of fused-ring (bicyclic) bond motifs is 1. The first-order valence-corrected chi connectivity index (χ1v) is 16.5. The fourth-order valence-corrected chi connectivity index (χ4v) is 6.07. The highest BCUT2D eigenvalue weighted by atomic mass is 32.2. The van der Waals surface area contributed by atoms with E-state index < -0.39 is 34.1 Å². The van der Waals surface area contributed by atoms with E-state index in [1.54, 1.807) is 41.6 Å². The number of anilines is 1. The van der Waals surface area contributed by atoms with Crippen molar-refractivity contribution in [3.8, 4) is 5.75 Å². The van der Waals surface area contributed by atoms with E-state index in [-0.39, 0.29) is 48.3 Å². The Morgan fingerprint density at radius 2 is 1.95 bits per heavy atom. The first-order valence-electron chi connectivity index (χ1n) is 15.1. The molecule has 246 valence electrons. The number of amides is 3. The molecule has 3 rings (SSSR count). The third kappa shape index (κ3) is 9.40. The number of aliphatic hydroxyl groups is 1. The number of sulfonamides is 1. The van der Waals surface area contributed by atoms with Gasteiger partial charge in [-0.3, -0.25) is 4.79 Å². The molecule has 4 atom stereocenters. The van der Waals surface area contributed by atoms with Crippen molar-refractivity contribution >= 4 is 27.6 Å². The van der Waals surface area contributed by atoms with Crippen molar-refractivity contribution in [2.45, 2.75) is 83.2 Å². The van der Waals surface area contributed by atoms with E-state index in [0.717, 1.165) is 12.8 Å². The van der Waals surface area contributed by atoms with Crippen LogP contribution in [-0.4, -0.2) is 102 Å². The lowest BCUT2D eigenvalue weighted by atomic mass is 10.0. The molecular weight excluding hydrogens is 588 g/mol. The Hall–Kier alpha value is -3.20.